The van der Waals surface area contributed by atoms with E-state index in [0.717, 1.165) is 35.1 Å². The lowest BCUT2D eigenvalue weighted by molar-refractivity contribution is -0.143. The number of carbonyl (C=O) groups excluding carboxylic acids is 2. The number of halogens is 1. The van der Waals surface area contributed by atoms with Crippen LogP contribution < -0.4 is 10.1 Å². The molecule has 0 heterocycles. The van der Waals surface area contributed by atoms with Crippen LogP contribution >= 0.6 is 11.6 Å². The highest BCUT2D eigenvalue weighted by Gasteiger charge is 2.28. The number of carbonyl (C=O) groups is 2. The van der Waals surface area contributed by atoms with E-state index in [2.05, 4.69) is 12.2 Å². The van der Waals surface area contributed by atoms with Gasteiger partial charge in [0.25, 0.3) is 5.91 Å². The topological polar surface area (TPSA) is 58.6 Å². The number of nitrogens with zero attached hydrogens (tertiary/aromatic N) is 1. The molecule has 174 valence electrons. The van der Waals surface area contributed by atoms with Gasteiger partial charge in [-0.15, -0.1) is 0 Å². The molecule has 0 bridgehead atoms. The normalized spacial score (nSPS) is 11.7. The van der Waals surface area contributed by atoms with Crippen LogP contribution in [0.3, 0.4) is 0 Å². The van der Waals surface area contributed by atoms with Crippen molar-refractivity contribution in [1.82, 2.24) is 10.2 Å². The maximum absolute atomic E-state index is 13.3. The Balaban J connectivity index is 2.21. The third kappa shape index (κ3) is 7.27. The molecule has 0 saturated carbocycles. The van der Waals surface area contributed by atoms with E-state index in [0.29, 0.717) is 30.3 Å². The van der Waals surface area contributed by atoms with Gasteiger partial charge < -0.3 is 15.0 Å². The van der Waals surface area contributed by atoms with Gasteiger partial charge in [0.15, 0.2) is 6.61 Å². The van der Waals surface area contributed by atoms with Gasteiger partial charge in [-0.1, -0.05) is 61.7 Å². The fraction of sp³-hybridized carbons (Fsp3) is 0.462. The molecule has 0 unspecified atom stereocenters. The Labute approximate surface area is 197 Å². The number of aryl methyl sites for hydroxylation is 3. The van der Waals surface area contributed by atoms with Crippen LogP contribution in [-0.4, -0.2) is 35.9 Å². The molecule has 0 fully saturated rings. The highest BCUT2D eigenvalue weighted by atomic mass is 35.5. The molecule has 0 saturated heterocycles. The first-order chi connectivity index (χ1) is 15.3. The zero-order chi connectivity index (χ0) is 23.7. The Morgan fingerprint density at radius 2 is 1.78 bits per heavy atom. The van der Waals surface area contributed by atoms with Crippen molar-refractivity contribution in [3.8, 4) is 5.75 Å². The van der Waals surface area contributed by atoms with Crippen molar-refractivity contribution in [1.29, 1.82) is 0 Å². The van der Waals surface area contributed by atoms with Gasteiger partial charge in [-0.2, -0.15) is 0 Å². The number of amides is 2. The third-order valence-electron chi connectivity index (χ3n) is 5.42. The van der Waals surface area contributed by atoms with Crippen molar-refractivity contribution in [2.24, 2.45) is 0 Å². The molecule has 0 aromatic heterocycles. The predicted molar refractivity (Wildman–Crippen MR) is 130 cm³/mol. The number of benzene rings is 2. The van der Waals surface area contributed by atoms with Gasteiger partial charge in [0.1, 0.15) is 11.8 Å². The second-order valence-corrected chi connectivity index (χ2v) is 8.62. The van der Waals surface area contributed by atoms with Crippen molar-refractivity contribution in [3.05, 3.63) is 63.7 Å². The number of ether oxygens (including phenoxy) is 1. The predicted octanol–water partition coefficient (Wildman–Crippen LogP) is 5.37. The Kier molecular flexibility index (Phi) is 10.0. The Morgan fingerprint density at radius 3 is 2.38 bits per heavy atom. The van der Waals surface area contributed by atoms with Gasteiger partial charge in [-0.3, -0.25) is 9.59 Å². The Morgan fingerprint density at radius 1 is 1.09 bits per heavy atom. The molecule has 2 aromatic rings. The zero-order valence-electron chi connectivity index (χ0n) is 19.8. The zero-order valence-corrected chi connectivity index (χ0v) is 20.6. The first-order valence-electron chi connectivity index (χ1n) is 11.3. The van der Waals surface area contributed by atoms with Crippen LogP contribution in [0.5, 0.6) is 5.75 Å². The minimum absolute atomic E-state index is 0.125. The van der Waals surface area contributed by atoms with Gasteiger partial charge in [0.2, 0.25) is 5.91 Å². The summed E-state index contributed by atoms with van der Waals surface area (Å²) in [5.74, 6) is 0.239. The lowest BCUT2D eigenvalue weighted by atomic mass is 10.1. The fourth-order valence-corrected chi connectivity index (χ4v) is 3.76. The van der Waals surface area contributed by atoms with Crippen molar-refractivity contribution in [2.45, 2.75) is 66.5 Å². The molecule has 2 aromatic carbocycles. The molecule has 0 aliphatic carbocycles. The average Bonchev–Trinajstić information content (AvgIpc) is 2.75. The molecule has 2 rings (SSSR count). The Bertz CT molecular complexity index is 906. The van der Waals surface area contributed by atoms with Crippen molar-refractivity contribution >= 4 is 23.4 Å². The van der Waals surface area contributed by atoms with Crippen LogP contribution in [0.2, 0.25) is 5.02 Å². The molecule has 2 amide bonds. The lowest BCUT2D eigenvalue weighted by Crippen LogP contribution is -2.50. The van der Waals surface area contributed by atoms with Gasteiger partial charge in [-0.05, 0) is 62.4 Å². The van der Waals surface area contributed by atoms with E-state index in [-0.39, 0.29) is 18.4 Å². The fourth-order valence-electron chi connectivity index (χ4n) is 3.65. The third-order valence-corrected chi connectivity index (χ3v) is 6.02. The van der Waals surface area contributed by atoms with Crippen molar-refractivity contribution in [2.75, 3.05) is 13.2 Å². The van der Waals surface area contributed by atoms with Crippen LogP contribution in [0.25, 0.3) is 0 Å². The van der Waals surface area contributed by atoms with Crippen LogP contribution in [0.4, 0.5) is 0 Å². The van der Waals surface area contributed by atoms with E-state index in [4.69, 9.17) is 16.3 Å². The summed E-state index contributed by atoms with van der Waals surface area (Å²) in [6, 6.07) is 11.1. The summed E-state index contributed by atoms with van der Waals surface area (Å²) in [5, 5.41) is 3.67. The summed E-state index contributed by atoms with van der Waals surface area (Å²) in [6.07, 6.45) is 2.43. The molecule has 5 nitrogen and oxygen atoms in total. The van der Waals surface area contributed by atoms with Crippen LogP contribution in [0.15, 0.2) is 36.4 Å². The van der Waals surface area contributed by atoms with E-state index >= 15 is 0 Å². The van der Waals surface area contributed by atoms with E-state index < -0.39 is 6.04 Å². The van der Waals surface area contributed by atoms with Crippen molar-refractivity contribution in [3.63, 3.8) is 0 Å². The second-order valence-electron chi connectivity index (χ2n) is 8.24. The molecule has 6 heteroatoms. The number of rotatable bonds is 11. The molecular weight excluding hydrogens is 424 g/mol. The summed E-state index contributed by atoms with van der Waals surface area (Å²) in [4.78, 5) is 27.8. The van der Waals surface area contributed by atoms with Gasteiger partial charge in [0, 0.05) is 18.1 Å². The van der Waals surface area contributed by atoms with Crippen molar-refractivity contribution < 1.29 is 14.3 Å². The highest BCUT2D eigenvalue weighted by molar-refractivity contribution is 6.32. The summed E-state index contributed by atoms with van der Waals surface area (Å²) in [5.41, 5.74) is 3.88. The SMILES string of the molecule is CCCCNC(=O)[C@H](CC)N(Cc1cccc(C)c1)C(=O)COc1cc(C)c(Cl)c(C)c1. The van der Waals surface area contributed by atoms with Gasteiger partial charge in [0.05, 0.1) is 0 Å². The molecule has 0 aliphatic heterocycles. The van der Waals surface area contributed by atoms with Crippen LogP contribution in [0.1, 0.15) is 55.4 Å². The van der Waals surface area contributed by atoms with E-state index in [9.17, 15) is 9.59 Å². The number of unbranched alkanes of at least 4 members (excludes halogenated alkanes) is 1. The first kappa shape index (κ1) is 25.7. The van der Waals surface area contributed by atoms with E-state index in [1.54, 1.807) is 4.90 Å². The maximum Gasteiger partial charge on any atom is 0.261 e. The molecule has 1 atom stereocenters. The van der Waals surface area contributed by atoms with Gasteiger partial charge >= 0.3 is 0 Å². The van der Waals surface area contributed by atoms with Crippen LogP contribution in [-0.2, 0) is 16.1 Å². The maximum atomic E-state index is 13.3. The standard InChI is InChI=1S/C26H35ClN2O3/c1-6-8-12-28-26(31)23(7-2)29(16-21-11-9-10-18(3)13-21)24(30)17-32-22-14-19(4)25(27)20(5)15-22/h9-11,13-15,23H,6-8,12,16-17H2,1-5H3,(H,28,31)/t23-/m0/s1. The summed E-state index contributed by atoms with van der Waals surface area (Å²) in [6.45, 7) is 10.6. The largest absolute Gasteiger partial charge is 0.484 e. The van der Waals surface area contributed by atoms with E-state index in [1.807, 2.05) is 64.1 Å². The summed E-state index contributed by atoms with van der Waals surface area (Å²) >= 11 is 6.24. The minimum Gasteiger partial charge on any atom is -0.484 e. The molecular formula is C26H35ClN2O3. The summed E-state index contributed by atoms with van der Waals surface area (Å²) < 4.78 is 5.82. The average molecular weight is 459 g/mol. The van der Waals surface area contributed by atoms with Crippen LogP contribution in [0, 0.1) is 20.8 Å². The number of hydrogen-bond donors (Lipinski definition) is 1. The molecule has 0 spiro atoms. The molecule has 0 aliphatic rings. The minimum atomic E-state index is -0.558. The molecule has 32 heavy (non-hydrogen) atoms. The first-order valence-corrected chi connectivity index (χ1v) is 11.7. The Hall–Kier alpha value is -2.53. The van der Waals surface area contributed by atoms with Gasteiger partial charge in [-0.25, -0.2) is 0 Å². The highest BCUT2D eigenvalue weighted by Crippen LogP contribution is 2.26. The second kappa shape index (κ2) is 12.5. The number of nitrogens with one attached hydrogen (secondary N) is 1. The summed E-state index contributed by atoms with van der Waals surface area (Å²) in [7, 11) is 0. The number of hydrogen-bond acceptors (Lipinski definition) is 3. The monoisotopic (exact) mass is 458 g/mol. The van der Waals surface area contributed by atoms with E-state index in [1.165, 1.54) is 0 Å². The molecule has 1 N–H and O–H groups in total. The molecule has 0 radical (unpaired) electrons. The lowest BCUT2D eigenvalue weighted by Gasteiger charge is -2.30. The smallest absolute Gasteiger partial charge is 0.261 e. The quantitative estimate of drug-likeness (QED) is 0.460.